The van der Waals surface area contributed by atoms with Gasteiger partial charge in [-0.2, -0.15) is 0 Å². The average molecular weight is 372 g/mol. The Bertz CT molecular complexity index is 771. The lowest BCUT2D eigenvalue weighted by atomic mass is 10.2. The van der Waals surface area contributed by atoms with E-state index >= 15 is 0 Å². The number of ether oxygens (including phenoxy) is 1. The van der Waals surface area contributed by atoms with E-state index in [2.05, 4.69) is 10.6 Å². The summed E-state index contributed by atoms with van der Waals surface area (Å²) in [5.41, 5.74) is 0.787. The van der Waals surface area contributed by atoms with Crippen LogP contribution in [0.15, 0.2) is 36.4 Å². The smallest absolute Gasteiger partial charge is 0.271 e. The molecular weight excluding hydrogens is 361 g/mol. The van der Waals surface area contributed by atoms with Gasteiger partial charge in [-0.15, -0.1) is 0 Å². The van der Waals surface area contributed by atoms with Crippen LogP contribution in [-0.4, -0.2) is 17.1 Å². The maximum Gasteiger partial charge on any atom is 0.271 e. The molecule has 2 aromatic rings. The molecule has 0 saturated carbocycles. The number of nitrogens with zero attached hydrogens (tertiary/aromatic N) is 1. The summed E-state index contributed by atoms with van der Waals surface area (Å²) in [6, 6.07) is 9.04. The van der Waals surface area contributed by atoms with Crippen molar-refractivity contribution in [3.63, 3.8) is 0 Å². The van der Waals surface area contributed by atoms with Crippen molar-refractivity contribution in [1.29, 1.82) is 0 Å². The second-order valence-corrected chi connectivity index (χ2v) is 5.60. The monoisotopic (exact) mass is 371 g/mol. The summed E-state index contributed by atoms with van der Waals surface area (Å²) in [6.07, 6.45) is 0. The van der Waals surface area contributed by atoms with Crippen molar-refractivity contribution >= 4 is 57.6 Å². The Hall–Kier alpha value is -2.09. The minimum absolute atomic E-state index is 0.0862. The topological polar surface area (TPSA) is 76.4 Å². The van der Waals surface area contributed by atoms with Crippen molar-refractivity contribution in [2.24, 2.45) is 0 Å². The fraction of sp³-hybridized carbons (Fsp3) is 0.0714. The molecule has 0 amide bonds. The van der Waals surface area contributed by atoms with Gasteiger partial charge in [0.1, 0.15) is 5.75 Å². The second-order valence-electron chi connectivity index (χ2n) is 4.34. The summed E-state index contributed by atoms with van der Waals surface area (Å²) in [5, 5.41) is 17.7. The molecule has 0 fully saturated rings. The number of nitro groups is 1. The van der Waals surface area contributed by atoms with Gasteiger partial charge in [0, 0.05) is 17.2 Å². The predicted octanol–water partition coefficient (Wildman–Crippen LogP) is 4.72. The van der Waals surface area contributed by atoms with Crippen LogP contribution in [0.5, 0.6) is 5.75 Å². The first-order chi connectivity index (χ1) is 10.9. The number of nitro benzene ring substituents is 1. The second kappa shape index (κ2) is 7.45. The van der Waals surface area contributed by atoms with Crippen LogP contribution in [0.1, 0.15) is 0 Å². The molecule has 0 spiro atoms. The summed E-state index contributed by atoms with van der Waals surface area (Å²) >= 11 is 17.1. The van der Waals surface area contributed by atoms with E-state index in [1.54, 1.807) is 18.2 Å². The molecular formula is C14H11Cl2N3O3S. The van der Waals surface area contributed by atoms with E-state index in [4.69, 9.17) is 40.2 Å². The lowest BCUT2D eigenvalue weighted by molar-refractivity contribution is -0.384. The molecule has 23 heavy (non-hydrogen) atoms. The molecule has 9 heteroatoms. The molecule has 2 N–H and O–H groups in total. The standard InChI is InChI=1S/C14H11Cl2N3O3S/c1-22-13-5-3-9(19(20)21)7-12(13)18-14(23)17-11-6-8(15)2-4-10(11)16/h2-7H,1H3,(H2,17,18,23). The number of nitrogens with one attached hydrogen (secondary N) is 2. The zero-order chi connectivity index (χ0) is 17.0. The van der Waals surface area contributed by atoms with Crippen LogP contribution < -0.4 is 15.4 Å². The number of halogens is 2. The first-order valence-electron chi connectivity index (χ1n) is 6.26. The summed E-state index contributed by atoms with van der Waals surface area (Å²) in [6.45, 7) is 0. The number of hydrogen-bond donors (Lipinski definition) is 2. The van der Waals surface area contributed by atoms with E-state index in [1.807, 2.05) is 0 Å². The summed E-state index contributed by atoms with van der Waals surface area (Å²) in [4.78, 5) is 10.4. The highest BCUT2D eigenvalue weighted by molar-refractivity contribution is 7.80. The minimum atomic E-state index is -0.505. The molecule has 120 valence electrons. The fourth-order valence-electron chi connectivity index (χ4n) is 1.78. The molecule has 0 atom stereocenters. The number of non-ortho nitro benzene ring substituents is 1. The van der Waals surface area contributed by atoms with Gasteiger partial charge in [0.2, 0.25) is 0 Å². The Kier molecular flexibility index (Phi) is 5.59. The molecule has 0 radical (unpaired) electrons. The highest BCUT2D eigenvalue weighted by atomic mass is 35.5. The van der Waals surface area contributed by atoms with Gasteiger partial charge in [0.05, 0.1) is 28.4 Å². The van der Waals surface area contributed by atoms with Crippen LogP contribution in [0.3, 0.4) is 0 Å². The molecule has 0 aliphatic carbocycles. The third-order valence-electron chi connectivity index (χ3n) is 2.82. The molecule has 0 unspecified atom stereocenters. The van der Waals surface area contributed by atoms with Crippen molar-refractivity contribution in [3.8, 4) is 5.75 Å². The molecule has 6 nitrogen and oxygen atoms in total. The molecule has 0 heterocycles. The average Bonchev–Trinajstić information content (AvgIpc) is 2.50. The predicted molar refractivity (Wildman–Crippen MR) is 96.0 cm³/mol. The largest absolute Gasteiger partial charge is 0.495 e. The van der Waals surface area contributed by atoms with E-state index in [-0.39, 0.29) is 10.8 Å². The normalized spacial score (nSPS) is 10.0. The van der Waals surface area contributed by atoms with Crippen LogP contribution >= 0.6 is 35.4 Å². The molecule has 0 aromatic heterocycles. The van der Waals surface area contributed by atoms with Gasteiger partial charge < -0.3 is 15.4 Å². The van der Waals surface area contributed by atoms with Crippen molar-refractivity contribution < 1.29 is 9.66 Å². The minimum Gasteiger partial charge on any atom is -0.495 e. The third-order valence-corrected chi connectivity index (χ3v) is 3.59. The number of thiocarbonyl (C=S) groups is 1. The van der Waals surface area contributed by atoms with Gasteiger partial charge in [-0.1, -0.05) is 23.2 Å². The van der Waals surface area contributed by atoms with Crippen LogP contribution in [0, 0.1) is 10.1 Å². The fourth-order valence-corrected chi connectivity index (χ4v) is 2.33. The molecule has 0 bridgehead atoms. The van der Waals surface area contributed by atoms with E-state index < -0.39 is 4.92 Å². The molecule has 2 rings (SSSR count). The van der Waals surface area contributed by atoms with Crippen LogP contribution in [0.4, 0.5) is 17.1 Å². The zero-order valence-electron chi connectivity index (χ0n) is 11.8. The summed E-state index contributed by atoms with van der Waals surface area (Å²) < 4.78 is 5.15. The molecule has 0 aliphatic rings. The van der Waals surface area contributed by atoms with E-state index in [0.29, 0.717) is 27.2 Å². The zero-order valence-corrected chi connectivity index (χ0v) is 14.1. The Labute approximate surface area is 147 Å². The Balaban J connectivity index is 2.21. The molecule has 0 aliphatic heterocycles. The maximum atomic E-state index is 10.9. The first-order valence-corrected chi connectivity index (χ1v) is 7.42. The number of benzene rings is 2. The van der Waals surface area contributed by atoms with Gasteiger partial charge in [-0.3, -0.25) is 10.1 Å². The van der Waals surface area contributed by atoms with Crippen molar-refractivity contribution in [2.45, 2.75) is 0 Å². The maximum absolute atomic E-state index is 10.9. The number of rotatable bonds is 4. The van der Waals surface area contributed by atoms with E-state index in [0.717, 1.165) is 0 Å². The van der Waals surface area contributed by atoms with Crippen LogP contribution in [-0.2, 0) is 0 Å². The number of anilines is 2. The number of hydrogen-bond acceptors (Lipinski definition) is 4. The van der Waals surface area contributed by atoms with Gasteiger partial charge in [-0.05, 0) is 36.5 Å². The number of methoxy groups -OCH3 is 1. The van der Waals surface area contributed by atoms with E-state index in [1.165, 1.54) is 25.3 Å². The SMILES string of the molecule is COc1ccc([N+](=O)[O-])cc1NC(=S)Nc1cc(Cl)ccc1Cl. The van der Waals surface area contributed by atoms with Gasteiger partial charge in [-0.25, -0.2) is 0 Å². The molecule has 0 saturated heterocycles. The van der Waals surface area contributed by atoms with Crippen LogP contribution in [0.2, 0.25) is 10.0 Å². The lowest BCUT2D eigenvalue weighted by Gasteiger charge is -2.14. The van der Waals surface area contributed by atoms with Crippen LogP contribution in [0.25, 0.3) is 0 Å². The molecule has 2 aromatic carbocycles. The highest BCUT2D eigenvalue weighted by Gasteiger charge is 2.13. The first kappa shape index (κ1) is 17.3. The van der Waals surface area contributed by atoms with Gasteiger partial charge in [0.15, 0.2) is 5.11 Å². The third kappa shape index (κ3) is 4.44. The van der Waals surface area contributed by atoms with Crippen molar-refractivity contribution in [3.05, 3.63) is 56.6 Å². The van der Waals surface area contributed by atoms with Gasteiger partial charge in [0.25, 0.3) is 5.69 Å². The highest BCUT2D eigenvalue weighted by Crippen LogP contribution is 2.30. The van der Waals surface area contributed by atoms with Crippen molar-refractivity contribution in [2.75, 3.05) is 17.7 Å². The van der Waals surface area contributed by atoms with Gasteiger partial charge >= 0.3 is 0 Å². The van der Waals surface area contributed by atoms with E-state index in [9.17, 15) is 10.1 Å². The van der Waals surface area contributed by atoms with Crippen molar-refractivity contribution in [1.82, 2.24) is 0 Å². The Morgan fingerprint density at radius 3 is 2.52 bits per heavy atom. The quantitative estimate of drug-likeness (QED) is 0.460. The Morgan fingerprint density at radius 1 is 1.17 bits per heavy atom. The summed E-state index contributed by atoms with van der Waals surface area (Å²) in [7, 11) is 1.46. The summed E-state index contributed by atoms with van der Waals surface area (Å²) in [5.74, 6) is 0.414. The Morgan fingerprint density at radius 2 is 1.87 bits per heavy atom. The lowest BCUT2D eigenvalue weighted by Crippen LogP contribution is -2.19.